The molecule has 0 spiro atoms. The second kappa shape index (κ2) is 7.75. The predicted octanol–water partition coefficient (Wildman–Crippen LogP) is 1.30. The molecule has 1 saturated heterocycles. The fourth-order valence-corrected chi connectivity index (χ4v) is 2.90. The average molecular weight is 294 g/mol. The first-order valence-corrected chi connectivity index (χ1v) is 7.31. The van der Waals surface area contributed by atoms with Crippen LogP contribution in [0.1, 0.15) is 11.6 Å². The summed E-state index contributed by atoms with van der Waals surface area (Å²) < 4.78 is 16.3. The number of benzene rings is 1. The third-order valence-electron chi connectivity index (χ3n) is 4.18. The molecular formula is C16H26N2O3. The lowest BCUT2D eigenvalue weighted by molar-refractivity contribution is -0.00461. The number of methoxy groups -OCH3 is 3. The van der Waals surface area contributed by atoms with Crippen molar-refractivity contribution in [2.24, 2.45) is 0 Å². The number of likely N-dealkylation sites (tertiary alicyclic amines) is 1. The molecule has 3 unspecified atom stereocenters. The zero-order valence-corrected chi connectivity index (χ0v) is 13.3. The highest BCUT2D eigenvalue weighted by atomic mass is 16.5. The van der Waals surface area contributed by atoms with Crippen molar-refractivity contribution in [3.63, 3.8) is 0 Å². The van der Waals surface area contributed by atoms with Crippen molar-refractivity contribution in [2.75, 3.05) is 48.0 Å². The van der Waals surface area contributed by atoms with Gasteiger partial charge in [-0.05, 0) is 24.7 Å². The van der Waals surface area contributed by atoms with Gasteiger partial charge in [-0.15, -0.1) is 0 Å². The lowest BCUT2D eigenvalue weighted by Crippen LogP contribution is -2.33. The molecule has 1 aliphatic rings. The first-order valence-electron chi connectivity index (χ1n) is 7.31. The zero-order valence-electron chi connectivity index (χ0n) is 13.3. The van der Waals surface area contributed by atoms with Gasteiger partial charge in [-0.3, -0.25) is 4.90 Å². The second-order valence-corrected chi connectivity index (χ2v) is 5.38. The topological polar surface area (TPSA) is 43.0 Å². The van der Waals surface area contributed by atoms with Gasteiger partial charge < -0.3 is 19.5 Å². The van der Waals surface area contributed by atoms with Crippen molar-refractivity contribution in [1.82, 2.24) is 10.2 Å². The molecule has 0 aromatic heterocycles. The Balaban J connectivity index is 2.02. The highest BCUT2D eigenvalue weighted by molar-refractivity contribution is 5.30. The molecule has 0 aliphatic carbocycles. The molecule has 0 amide bonds. The molecule has 2 rings (SSSR count). The minimum atomic E-state index is 0.151. The summed E-state index contributed by atoms with van der Waals surface area (Å²) in [5, 5.41) is 3.38. The quantitative estimate of drug-likeness (QED) is 0.821. The molecule has 1 aliphatic heterocycles. The number of hydrogen-bond donors (Lipinski definition) is 1. The molecule has 1 N–H and O–H groups in total. The average Bonchev–Trinajstić information content (AvgIpc) is 2.94. The maximum Gasteiger partial charge on any atom is 0.119 e. The molecule has 0 saturated carbocycles. The summed E-state index contributed by atoms with van der Waals surface area (Å²) in [4.78, 5) is 2.38. The number of nitrogens with zero attached hydrogens (tertiary/aromatic N) is 1. The van der Waals surface area contributed by atoms with E-state index in [4.69, 9.17) is 14.2 Å². The predicted molar refractivity (Wildman–Crippen MR) is 82.8 cm³/mol. The minimum absolute atomic E-state index is 0.151. The Morgan fingerprint density at radius 3 is 2.38 bits per heavy atom. The standard InChI is InChI=1S/C16H26N2O3/c1-17-14(12-6-5-7-13(8-12)19-2)9-18-10-15(20-3)16(11-18)21-4/h5-8,14-17H,9-11H2,1-4H3. The summed E-state index contributed by atoms with van der Waals surface area (Å²) in [6.45, 7) is 2.72. The third kappa shape index (κ3) is 3.95. The van der Waals surface area contributed by atoms with E-state index >= 15 is 0 Å². The van der Waals surface area contributed by atoms with E-state index in [1.165, 1.54) is 5.56 Å². The molecule has 1 fully saturated rings. The minimum Gasteiger partial charge on any atom is -0.497 e. The van der Waals surface area contributed by atoms with E-state index in [0.29, 0.717) is 0 Å². The summed E-state index contributed by atoms with van der Waals surface area (Å²) in [5.74, 6) is 0.888. The monoisotopic (exact) mass is 294 g/mol. The van der Waals surface area contributed by atoms with Crippen molar-refractivity contribution in [3.05, 3.63) is 29.8 Å². The Bertz CT molecular complexity index is 429. The van der Waals surface area contributed by atoms with Gasteiger partial charge in [-0.1, -0.05) is 12.1 Å². The Hall–Kier alpha value is -1.14. The molecule has 0 bridgehead atoms. The van der Waals surface area contributed by atoms with Crippen molar-refractivity contribution >= 4 is 0 Å². The number of rotatable bonds is 7. The molecule has 3 atom stereocenters. The van der Waals surface area contributed by atoms with Crippen LogP contribution in [0.25, 0.3) is 0 Å². The van der Waals surface area contributed by atoms with E-state index in [2.05, 4.69) is 22.3 Å². The molecule has 1 aromatic rings. The van der Waals surface area contributed by atoms with E-state index in [1.807, 2.05) is 19.2 Å². The Labute approximate surface area is 127 Å². The van der Waals surface area contributed by atoms with Gasteiger partial charge in [0.15, 0.2) is 0 Å². The maximum absolute atomic E-state index is 5.50. The molecule has 0 radical (unpaired) electrons. The highest BCUT2D eigenvalue weighted by Gasteiger charge is 2.33. The Kier molecular flexibility index (Phi) is 5.99. The number of hydrogen-bond acceptors (Lipinski definition) is 5. The van der Waals surface area contributed by atoms with E-state index in [9.17, 15) is 0 Å². The first kappa shape index (κ1) is 16.2. The van der Waals surface area contributed by atoms with Gasteiger partial charge in [0.25, 0.3) is 0 Å². The van der Waals surface area contributed by atoms with Crippen LogP contribution in [0.2, 0.25) is 0 Å². The van der Waals surface area contributed by atoms with E-state index in [0.717, 1.165) is 25.4 Å². The zero-order chi connectivity index (χ0) is 15.2. The smallest absolute Gasteiger partial charge is 0.119 e. The molecule has 1 aromatic carbocycles. The van der Waals surface area contributed by atoms with Gasteiger partial charge in [0.05, 0.1) is 19.3 Å². The van der Waals surface area contributed by atoms with Crippen molar-refractivity contribution in [1.29, 1.82) is 0 Å². The van der Waals surface area contributed by atoms with Crippen LogP contribution >= 0.6 is 0 Å². The first-order chi connectivity index (χ1) is 10.2. The largest absolute Gasteiger partial charge is 0.497 e. The van der Waals surface area contributed by atoms with Crippen molar-refractivity contribution in [3.8, 4) is 5.75 Å². The van der Waals surface area contributed by atoms with Gasteiger partial charge in [0, 0.05) is 39.9 Å². The summed E-state index contributed by atoms with van der Waals surface area (Å²) in [6.07, 6.45) is 0.302. The lowest BCUT2D eigenvalue weighted by Gasteiger charge is -2.24. The van der Waals surface area contributed by atoms with Gasteiger partial charge in [-0.2, -0.15) is 0 Å². The van der Waals surface area contributed by atoms with Gasteiger partial charge in [0.2, 0.25) is 0 Å². The van der Waals surface area contributed by atoms with E-state index in [-0.39, 0.29) is 18.2 Å². The lowest BCUT2D eigenvalue weighted by atomic mass is 10.1. The molecular weight excluding hydrogens is 268 g/mol. The molecule has 118 valence electrons. The Morgan fingerprint density at radius 2 is 1.86 bits per heavy atom. The number of likely N-dealkylation sites (N-methyl/N-ethyl adjacent to an activating group) is 1. The van der Waals surface area contributed by atoms with Crippen LogP contribution in [0.5, 0.6) is 5.75 Å². The maximum atomic E-state index is 5.50. The van der Waals surface area contributed by atoms with E-state index in [1.54, 1.807) is 21.3 Å². The second-order valence-electron chi connectivity index (χ2n) is 5.38. The normalized spacial score (nSPS) is 24.2. The van der Waals surface area contributed by atoms with Crippen LogP contribution in [0.3, 0.4) is 0 Å². The SMILES string of the molecule is CNC(CN1CC(OC)C(OC)C1)c1cccc(OC)c1. The van der Waals surface area contributed by atoms with Crippen LogP contribution in [0, 0.1) is 0 Å². The van der Waals surface area contributed by atoms with Crippen LogP contribution in [0.15, 0.2) is 24.3 Å². The van der Waals surface area contributed by atoms with Gasteiger partial charge in [0.1, 0.15) is 5.75 Å². The van der Waals surface area contributed by atoms with Crippen LogP contribution in [-0.2, 0) is 9.47 Å². The summed E-state index contributed by atoms with van der Waals surface area (Å²) in [6, 6.07) is 8.46. The van der Waals surface area contributed by atoms with Crippen molar-refractivity contribution in [2.45, 2.75) is 18.2 Å². The highest BCUT2D eigenvalue weighted by Crippen LogP contribution is 2.23. The molecule has 21 heavy (non-hydrogen) atoms. The van der Waals surface area contributed by atoms with Gasteiger partial charge >= 0.3 is 0 Å². The van der Waals surface area contributed by atoms with Crippen molar-refractivity contribution < 1.29 is 14.2 Å². The van der Waals surface area contributed by atoms with E-state index < -0.39 is 0 Å². The number of ether oxygens (including phenoxy) is 3. The van der Waals surface area contributed by atoms with Gasteiger partial charge in [-0.25, -0.2) is 0 Å². The van der Waals surface area contributed by atoms with Crippen LogP contribution in [-0.4, -0.2) is 65.1 Å². The van der Waals surface area contributed by atoms with Crippen LogP contribution < -0.4 is 10.1 Å². The molecule has 1 heterocycles. The molecule has 5 nitrogen and oxygen atoms in total. The fourth-order valence-electron chi connectivity index (χ4n) is 2.90. The van der Waals surface area contributed by atoms with Crippen LogP contribution in [0.4, 0.5) is 0 Å². The summed E-state index contributed by atoms with van der Waals surface area (Å²) >= 11 is 0. The third-order valence-corrected chi connectivity index (χ3v) is 4.18. The summed E-state index contributed by atoms with van der Waals surface area (Å²) in [7, 11) is 7.18. The molecule has 5 heteroatoms. The number of nitrogens with one attached hydrogen (secondary N) is 1. The summed E-state index contributed by atoms with van der Waals surface area (Å²) in [5.41, 5.74) is 1.23. The fraction of sp³-hybridized carbons (Fsp3) is 0.625. The Morgan fingerprint density at radius 1 is 1.19 bits per heavy atom.